The molecule has 2 aromatic rings. The van der Waals surface area contributed by atoms with E-state index >= 15 is 0 Å². The molecule has 0 aliphatic heterocycles. The van der Waals surface area contributed by atoms with Gasteiger partial charge in [-0.1, -0.05) is 23.2 Å². The van der Waals surface area contributed by atoms with Crippen LogP contribution in [-0.4, -0.2) is 9.97 Å². The van der Waals surface area contributed by atoms with Gasteiger partial charge in [0.15, 0.2) is 17.3 Å². The Bertz CT molecular complexity index is 633. The normalized spacial score (nSPS) is 11.1. The minimum absolute atomic E-state index is 0.0245. The van der Waals surface area contributed by atoms with Crippen LogP contribution in [0.4, 0.5) is 29.0 Å². The number of aromatic nitrogens is 2. The number of hydrogen-bond acceptors (Lipinski definition) is 7. The third-order valence-electron chi connectivity index (χ3n) is 2.12. The first-order valence-corrected chi connectivity index (χ1v) is 5.78. The van der Waals surface area contributed by atoms with Crippen molar-refractivity contribution in [3.05, 3.63) is 28.2 Å². The molecule has 9 heteroatoms. The summed E-state index contributed by atoms with van der Waals surface area (Å²) in [6.07, 6.45) is 0. The zero-order valence-electron chi connectivity index (χ0n) is 9.51. The summed E-state index contributed by atoms with van der Waals surface area (Å²) in [6, 6.07) is 4.80. The van der Waals surface area contributed by atoms with Crippen molar-refractivity contribution in [1.29, 1.82) is 0 Å². The van der Waals surface area contributed by atoms with E-state index in [2.05, 4.69) is 20.2 Å². The first kappa shape index (κ1) is 13.3. The van der Waals surface area contributed by atoms with Crippen LogP contribution in [0, 0.1) is 0 Å². The van der Waals surface area contributed by atoms with Crippen molar-refractivity contribution in [3.63, 3.8) is 0 Å². The van der Waals surface area contributed by atoms with E-state index in [4.69, 9.17) is 40.4 Å². The van der Waals surface area contributed by atoms with Crippen molar-refractivity contribution >= 4 is 52.2 Å². The lowest BCUT2D eigenvalue weighted by atomic mass is 10.3. The Labute approximate surface area is 118 Å². The van der Waals surface area contributed by atoms with Gasteiger partial charge in [-0.3, -0.25) is 0 Å². The van der Waals surface area contributed by atoms with Gasteiger partial charge in [0.05, 0.1) is 15.7 Å². The predicted molar refractivity (Wildman–Crippen MR) is 75.9 cm³/mol. The first-order chi connectivity index (χ1) is 8.97. The molecule has 7 nitrogen and oxygen atoms in total. The van der Waals surface area contributed by atoms with Gasteiger partial charge in [0, 0.05) is 0 Å². The molecule has 0 radical (unpaired) electrons. The molecule has 0 aliphatic carbocycles. The highest BCUT2D eigenvalue weighted by atomic mass is 35.5. The van der Waals surface area contributed by atoms with Gasteiger partial charge in [0.1, 0.15) is 0 Å². The van der Waals surface area contributed by atoms with Crippen LogP contribution in [0.5, 0.6) is 0 Å². The lowest BCUT2D eigenvalue weighted by molar-refractivity contribution is 1.15. The van der Waals surface area contributed by atoms with Crippen molar-refractivity contribution in [2.24, 2.45) is 10.2 Å². The van der Waals surface area contributed by atoms with E-state index in [-0.39, 0.29) is 23.3 Å². The van der Waals surface area contributed by atoms with Crippen LogP contribution in [0.1, 0.15) is 0 Å². The molecule has 0 bridgehead atoms. The molecule has 0 saturated heterocycles. The molecule has 6 N–H and O–H groups in total. The maximum Gasteiger partial charge on any atom is 0.224 e. The molecular formula is C10H9Cl2N7. The molecule has 0 aliphatic rings. The fourth-order valence-corrected chi connectivity index (χ4v) is 1.56. The summed E-state index contributed by atoms with van der Waals surface area (Å²) >= 11 is 11.6. The Morgan fingerprint density at radius 1 is 0.895 bits per heavy atom. The molecule has 0 saturated carbocycles. The van der Waals surface area contributed by atoms with Crippen LogP contribution in [-0.2, 0) is 0 Å². The van der Waals surface area contributed by atoms with Gasteiger partial charge in [-0.2, -0.15) is 15.1 Å². The van der Waals surface area contributed by atoms with Gasteiger partial charge < -0.3 is 17.2 Å². The summed E-state index contributed by atoms with van der Waals surface area (Å²) in [5.41, 5.74) is 17.3. The molecule has 1 aromatic carbocycles. The second kappa shape index (κ2) is 5.25. The fourth-order valence-electron chi connectivity index (χ4n) is 1.27. The van der Waals surface area contributed by atoms with Crippen molar-refractivity contribution in [3.8, 4) is 0 Å². The van der Waals surface area contributed by atoms with Gasteiger partial charge in [-0.05, 0) is 18.2 Å². The highest BCUT2D eigenvalue weighted by molar-refractivity contribution is 6.42. The maximum atomic E-state index is 5.85. The predicted octanol–water partition coefficient (Wildman–Crippen LogP) is 2.95. The molecule has 0 unspecified atom stereocenters. The van der Waals surface area contributed by atoms with Crippen molar-refractivity contribution in [1.82, 2.24) is 9.97 Å². The van der Waals surface area contributed by atoms with Crippen LogP contribution >= 0.6 is 23.2 Å². The first-order valence-electron chi connectivity index (χ1n) is 5.02. The maximum absolute atomic E-state index is 5.85. The second-order valence-corrected chi connectivity index (χ2v) is 4.31. The van der Waals surface area contributed by atoms with Gasteiger partial charge >= 0.3 is 0 Å². The van der Waals surface area contributed by atoms with Gasteiger partial charge in [0.25, 0.3) is 0 Å². The van der Waals surface area contributed by atoms with Crippen molar-refractivity contribution in [2.75, 3.05) is 17.2 Å². The standard InChI is InChI=1S/C10H9Cl2N7/c11-5-2-1-4(3-6(5)12)18-19-7-8(13)16-10(15)17-9(7)14/h1-3H,(H6,13,14,15,16,17). The molecule has 98 valence electrons. The summed E-state index contributed by atoms with van der Waals surface area (Å²) in [7, 11) is 0. The van der Waals surface area contributed by atoms with E-state index in [1.54, 1.807) is 18.2 Å². The number of nitrogens with zero attached hydrogens (tertiary/aromatic N) is 4. The van der Waals surface area contributed by atoms with Crippen LogP contribution in [0.25, 0.3) is 0 Å². The Kier molecular flexibility index (Phi) is 3.68. The van der Waals surface area contributed by atoms with E-state index in [9.17, 15) is 0 Å². The summed E-state index contributed by atoms with van der Waals surface area (Å²) in [4.78, 5) is 7.48. The number of hydrogen-bond donors (Lipinski definition) is 3. The minimum atomic E-state index is -0.0245. The molecule has 0 amide bonds. The molecule has 0 atom stereocenters. The molecule has 19 heavy (non-hydrogen) atoms. The van der Waals surface area contributed by atoms with E-state index in [0.29, 0.717) is 15.7 Å². The third kappa shape index (κ3) is 3.01. The molecule has 0 spiro atoms. The van der Waals surface area contributed by atoms with Gasteiger partial charge in [-0.25, -0.2) is 0 Å². The number of anilines is 3. The summed E-state index contributed by atoms with van der Waals surface area (Å²) in [6.45, 7) is 0. The molecule has 0 fully saturated rings. The SMILES string of the molecule is Nc1nc(N)c(N=Nc2ccc(Cl)c(Cl)c2)c(N)n1. The second-order valence-electron chi connectivity index (χ2n) is 3.50. The largest absolute Gasteiger partial charge is 0.382 e. The van der Waals surface area contributed by atoms with Crippen LogP contribution in [0.2, 0.25) is 10.0 Å². The average molecular weight is 298 g/mol. The van der Waals surface area contributed by atoms with Crippen LogP contribution in [0.15, 0.2) is 28.4 Å². The topological polar surface area (TPSA) is 129 Å². The lowest BCUT2D eigenvalue weighted by Crippen LogP contribution is -2.03. The Morgan fingerprint density at radius 2 is 1.53 bits per heavy atom. The number of rotatable bonds is 2. The minimum Gasteiger partial charge on any atom is -0.382 e. The number of azo groups is 1. The summed E-state index contributed by atoms with van der Waals surface area (Å²) in [5.74, 6) is 0.0751. The number of benzene rings is 1. The highest BCUT2D eigenvalue weighted by Crippen LogP contribution is 2.31. The van der Waals surface area contributed by atoms with Crippen molar-refractivity contribution < 1.29 is 0 Å². The van der Waals surface area contributed by atoms with Gasteiger partial charge in [0.2, 0.25) is 5.95 Å². The van der Waals surface area contributed by atoms with E-state index in [1.165, 1.54) is 0 Å². The number of nitrogens with two attached hydrogens (primary N) is 3. The van der Waals surface area contributed by atoms with Crippen molar-refractivity contribution in [2.45, 2.75) is 0 Å². The molecule has 2 rings (SSSR count). The molecule has 1 heterocycles. The zero-order valence-corrected chi connectivity index (χ0v) is 11.0. The third-order valence-corrected chi connectivity index (χ3v) is 2.86. The zero-order chi connectivity index (χ0) is 14.0. The molecular weight excluding hydrogens is 289 g/mol. The average Bonchev–Trinajstić information content (AvgIpc) is 2.32. The monoisotopic (exact) mass is 297 g/mol. The number of halogens is 2. The Balaban J connectivity index is 2.35. The smallest absolute Gasteiger partial charge is 0.224 e. The van der Waals surface area contributed by atoms with E-state index in [0.717, 1.165) is 0 Å². The highest BCUT2D eigenvalue weighted by Gasteiger charge is 2.08. The summed E-state index contributed by atoms with van der Waals surface area (Å²) in [5, 5.41) is 8.61. The van der Waals surface area contributed by atoms with E-state index < -0.39 is 0 Å². The molecule has 1 aromatic heterocycles. The lowest BCUT2D eigenvalue weighted by Gasteiger charge is -2.02. The Morgan fingerprint density at radius 3 is 2.11 bits per heavy atom. The van der Waals surface area contributed by atoms with Gasteiger partial charge in [-0.15, -0.1) is 5.11 Å². The Hall–Kier alpha value is -2.12. The fraction of sp³-hybridized carbons (Fsp3) is 0. The quantitative estimate of drug-likeness (QED) is 0.734. The number of nitrogen functional groups attached to an aromatic ring is 3. The summed E-state index contributed by atoms with van der Waals surface area (Å²) < 4.78 is 0. The van der Waals surface area contributed by atoms with E-state index in [1.807, 2.05) is 0 Å². The van der Waals surface area contributed by atoms with Crippen LogP contribution in [0.3, 0.4) is 0 Å². The van der Waals surface area contributed by atoms with Crippen LogP contribution < -0.4 is 17.2 Å².